The Labute approximate surface area is 216 Å². The molecule has 1 atom stereocenters. The second kappa shape index (κ2) is 9.98. The highest BCUT2D eigenvalue weighted by molar-refractivity contribution is 6.03. The van der Waals surface area contributed by atoms with E-state index in [2.05, 4.69) is 30.4 Å². The fraction of sp³-hybridized carbons (Fsp3) is 0.367. The summed E-state index contributed by atoms with van der Waals surface area (Å²) in [6, 6.07) is 20.0. The zero-order valence-electron chi connectivity index (χ0n) is 21.3. The summed E-state index contributed by atoms with van der Waals surface area (Å²) in [5.41, 5.74) is 2.11. The zero-order valence-corrected chi connectivity index (χ0v) is 21.3. The number of carbonyl (C=O) groups is 1. The lowest BCUT2D eigenvalue weighted by Crippen LogP contribution is -2.55. The largest absolute Gasteiger partial charge is 0.325 e. The van der Waals surface area contributed by atoms with E-state index < -0.39 is 0 Å². The monoisotopic (exact) mass is 495 g/mol. The van der Waals surface area contributed by atoms with Gasteiger partial charge in [-0.05, 0) is 73.7 Å². The van der Waals surface area contributed by atoms with E-state index in [1.54, 1.807) is 6.07 Å². The molecule has 7 nitrogen and oxygen atoms in total. The number of likely N-dealkylation sites (tertiary alicyclic amines) is 1. The average molecular weight is 496 g/mol. The number of nitrogens with zero attached hydrogens (tertiary/aromatic N) is 4. The van der Waals surface area contributed by atoms with E-state index in [1.165, 1.54) is 0 Å². The van der Waals surface area contributed by atoms with Crippen molar-refractivity contribution in [3.05, 3.63) is 82.8 Å². The number of aromatic nitrogens is 2. The Morgan fingerprint density at radius 3 is 2.59 bits per heavy atom. The van der Waals surface area contributed by atoms with Gasteiger partial charge in [0.15, 0.2) is 0 Å². The van der Waals surface area contributed by atoms with Crippen LogP contribution in [0.2, 0.25) is 0 Å². The molecule has 0 saturated carbocycles. The highest BCUT2D eigenvalue weighted by Crippen LogP contribution is 2.32. The van der Waals surface area contributed by atoms with E-state index in [9.17, 15) is 9.59 Å². The van der Waals surface area contributed by atoms with Gasteiger partial charge in [0.2, 0.25) is 0 Å². The second-order valence-electron chi connectivity index (χ2n) is 10.3. The fourth-order valence-corrected chi connectivity index (χ4v) is 6.10. The van der Waals surface area contributed by atoms with Crippen LogP contribution in [0.15, 0.2) is 71.7 Å². The van der Waals surface area contributed by atoms with Gasteiger partial charge < -0.3 is 14.8 Å². The number of urea groups is 1. The maximum atomic E-state index is 14.2. The lowest BCUT2D eigenvalue weighted by atomic mass is 10.0. The number of anilines is 1. The lowest BCUT2D eigenvalue weighted by Gasteiger charge is -2.40. The van der Waals surface area contributed by atoms with E-state index in [-0.39, 0.29) is 23.7 Å². The van der Waals surface area contributed by atoms with Crippen molar-refractivity contribution in [1.29, 1.82) is 0 Å². The molecule has 4 heterocycles. The molecule has 37 heavy (non-hydrogen) atoms. The third kappa shape index (κ3) is 4.37. The molecule has 2 fully saturated rings. The summed E-state index contributed by atoms with van der Waals surface area (Å²) in [5.74, 6) is 0.752. The number of rotatable bonds is 3. The van der Waals surface area contributed by atoms with Crippen LogP contribution in [-0.2, 0) is 0 Å². The number of benzene rings is 2. The SMILES string of the molecule is Cc1cccc2ccnc(N(C(=O)N3CCC(n4c(=O)ccc5ccccc54)CC3)C3CCCNC3)c12. The van der Waals surface area contributed by atoms with Crippen molar-refractivity contribution in [2.24, 2.45) is 0 Å². The van der Waals surface area contributed by atoms with Crippen molar-refractivity contribution in [3.63, 3.8) is 0 Å². The number of hydrogen-bond donors (Lipinski definition) is 1. The van der Waals surface area contributed by atoms with E-state index in [4.69, 9.17) is 4.98 Å². The van der Waals surface area contributed by atoms with Crippen LogP contribution in [0.25, 0.3) is 21.7 Å². The maximum absolute atomic E-state index is 14.2. The molecular weight excluding hydrogens is 462 g/mol. The van der Waals surface area contributed by atoms with Crippen molar-refractivity contribution >= 4 is 33.5 Å². The number of pyridine rings is 2. The molecule has 190 valence electrons. The molecule has 7 heteroatoms. The highest BCUT2D eigenvalue weighted by atomic mass is 16.2. The number of nitrogens with one attached hydrogen (secondary N) is 1. The van der Waals surface area contributed by atoms with Crippen LogP contribution >= 0.6 is 0 Å². The molecule has 2 aliphatic heterocycles. The van der Waals surface area contributed by atoms with Crippen molar-refractivity contribution in [3.8, 4) is 0 Å². The second-order valence-corrected chi connectivity index (χ2v) is 10.3. The van der Waals surface area contributed by atoms with E-state index in [0.717, 1.165) is 71.8 Å². The summed E-state index contributed by atoms with van der Waals surface area (Å²) in [4.78, 5) is 35.7. The molecule has 2 saturated heterocycles. The summed E-state index contributed by atoms with van der Waals surface area (Å²) < 4.78 is 1.93. The summed E-state index contributed by atoms with van der Waals surface area (Å²) >= 11 is 0. The van der Waals surface area contributed by atoms with Crippen molar-refractivity contribution in [2.45, 2.75) is 44.7 Å². The number of piperidine rings is 2. The number of aryl methyl sites for hydroxylation is 1. The Kier molecular flexibility index (Phi) is 6.38. The molecule has 0 spiro atoms. The molecule has 2 aromatic carbocycles. The van der Waals surface area contributed by atoms with Gasteiger partial charge in [0, 0.05) is 43.3 Å². The first-order chi connectivity index (χ1) is 18.1. The van der Waals surface area contributed by atoms with Gasteiger partial charge in [-0.3, -0.25) is 9.69 Å². The van der Waals surface area contributed by atoms with Crippen molar-refractivity contribution < 1.29 is 4.79 Å². The minimum absolute atomic E-state index is 0.0145. The summed E-state index contributed by atoms with van der Waals surface area (Å²) in [6.45, 7) is 5.05. The van der Waals surface area contributed by atoms with Crippen LogP contribution in [0.5, 0.6) is 0 Å². The Balaban J connectivity index is 1.30. The predicted octanol–water partition coefficient (Wildman–Crippen LogP) is 4.87. The van der Waals surface area contributed by atoms with Crippen LogP contribution in [0.4, 0.5) is 10.6 Å². The first-order valence-electron chi connectivity index (χ1n) is 13.4. The van der Waals surface area contributed by atoms with Gasteiger partial charge in [0.05, 0.1) is 11.6 Å². The van der Waals surface area contributed by atoms with Gasteiger partial charge >= 0.3 is 6.03 Å². The number of carbonyl (C=O) groups excluding carboxylic acids is 1. The topological polar surface area (TPSA) is 70.5 Å². The van der Waals surface area contributed by atoms with Crippen LogP contribution in [-0.4, -0.2) is 52.7 Å². The van der Waals surface area contributed by atoms with Crippen LogP contribution < -0.4 is 15.8 Å². The Hall–Kier alpha value is -3.71. The molecule has 0 radical (unpaired) electrons. The number of hydrogen-bond acceptors (Lipinski definition) is 4. The van der Waals surface area contributed by atoms with Crippen molar-refractivity contribution in [2.75, 3.05) is 31.1 Å². The predicted molar refractivity (Wildman–Crippen MR) is 148 cm³/mol. The van der Waals surface area contributed by atoms with Gasteiger partial charge in [-0.25, -0.2) is 9.78 Å². The summed E-state index contributed by atoms with van der Waals surface area (Å²) in [6.07, 6.45) is 5.29. The maximum Gasteiger partial charge on any atom is 0.325 e. The molecular formula is C30H33N5O2. The molecule has 0 bridgehead atoms. The Morgan fingerprint density at radius 1 is 0.973 bits per heavy atom. The zero-order chi connectivity index (χ0) is 25.4. The highest BCUT2D eigenvalue weighted by Gasteiger charge is 2.34. The minimum Gasteiger partial charge on any atom is -0.324 e. The normalized spacial score (nSPS) is 18.8. The van der Waals surface area contributed by atoms with Gasteiger partial charge in [-0.15, -0.1) is 0 Å². The first-order valence-corrected chi connectivity index (χ1v) is 13.4. The Morgan fingerprint density at radius 2 is 1.78 bits per heavy atom. The third-order valence-electron chi connectivity index (χ3n) is 7.99. The Bertz CT molecular complexity index is 1490. The summed E-state index contributed by atoms with van der Waals surface area (Å²) in [5, 5.41) is 6.68. The molecule has 2 aliphatic rings. The van der Waals surface area contributed by atoms with Crippen LogP contribution in [0, 0.1) is 6.92 Å². The van der Waals surface area contributed by atoms with Gasteiger partial charge in [0.25, 0.3) is 5.56 Å². The van der Waals surface area contributed by atoms with Crippen LogP contribution in [0.3, 0.4) is 0 Å². The minimum atomic E-state index is 0.0145. The van der Waals surface area contributed by atoms with E-state index in [1.807, 2.05) is 57.0 Å². The number of para-hydroxylation sites is 1. The standard InChI is InChI=1S/C30H33N5O2/c1-21-6-4-8-23-13-17-32-29(28(21)23)35(25-9-5-16-31-20-25)30(37)33-18-14-24(15-19-33)34-26-10-3-2-7-22(26)11-12-27(34)36/h2-4,6-8,10-13,17,24-25,31H,5,9,14-16,18-20H2,1H3. The van der Waals surface area contributed by atoms with Gasteiger partial charge in [0.1, 0.15) is 5.82 Å². The molecule has 0 aliphatic carbocycles. The lowest BCUT2D eigenvalue weighted by molar-refractivity contribution is 0.174. The third-order valence-corrected chi connectivity index (χ3v) is 7.99. The van der Waals surface area contributed by atoms with Gasteiger partial charge in [-0.1, -0.05) is 36.4 Å². The fourth-order valence-electron chi connectivity index (χ4n) is 6.10. The molecule has 1 N–H and O–H groups in total. The van der Waals surface area contributed by atoms with Crippen LogP contribution in [0.1, 0.15) is 37.3 Å². The number of fused-ring (bicyclic) bond motifs is 2. The van der Waals surface area contributed by atoms with E-state index in [0.29, 0.717) is 13.1 Å². The molecule has 1 unspecified atom stereocenters. The average Bonchev–Trinajstić information content (AvgIpc) is 2.94. The number of amides is 2. The smallest absolute Gasteiger partial charge is 0.324 e. The molecule has 4 aromatic rings. The summed E-state index contributed by atoms with van der Waals surface area (Å²) in [7, 11) is 0. The quantitative estimate of drug-likeness (QED) is 0.440. The van der Waals surface area contributed by atoms with Gasteiger partial charge in [-0.2, -0.15) is 0 Å². The molecule has 2 amide bonds. The van der Waals surface area contributed by atoms with E-state index >= 15 is 0 Å². The first kappa shape index (κ1) is 23.7. The van der Waals surface area contributed by atoms with Crippen molar-refractivity contribution in [1.82, 2.24) is 19.8 Å². The molecule has 2 aromatic heterocycles. The molecule has 6 rings (SSSR count).